The van der Waals surface area contributed by atoms with Gasteiger partial charge in [0.1, 0.15) is 5.75 Å². The lowest BCUT2D eigenvalue weighted by molar-refractivity contribution is -0.138. The van der Waals surface area contributed by atoms with Crippen molar-refractivity contribution >= 4 is 5.69 Å². The molecule has 74 valence electrons. The summed E-state index contributed by atoms with van der Waals surface area (Å²) >= 11 is 0. The molecule has 1 aromatic carbocycles. The van der Waals surface area contributed by atoms with Crippen molar-refractivity contribution in [3.63, 3.8) is 0 Å². The summed E-state index contributed by atoms with van der Waals surface area (Å²) in [4.78, 5) is 2.94. The zero-order chi connectivity index (χ0) is 10.8. The Morgan fingerprint density at radius 3 is 2.43 bits per heavy atom. The van der Waals surface area contributed by atoms with E-state index in [4.69, 9.17) is 6.57 Å². The van der Waals surface area contributed by atoms with Crippen LogP contribution in [0.4, 0.5) is 18.9 Å². The minimum Gasteiger partial charge on any atom is -0.507 e. The predicted octanol–water partition coefficient (Wildman–Crippen LogP) is 3.26. The summed E-state index contributed by atoms with van der Waals surface area (Å²) < 4.78 is 41.7. The second-order valence-corrected chi connectivity index (χ2v) is 2.47. The van der Waals surface area contributed by atoms with Crippen LogP contribution in [0.3, 0.4) is 0 Å². The van der Waals surface area contributed by atoms with Crippen LogP contribution in [0.15, 0.2) is 18.2 Å². The van der Waals surface area contributed by atoms with Crippen molar-refractivity contribution in [1.29, 1.82) is 0 Å². The molecule has 0 radical (unpaired) electrons. The molecule has 0 amide bonds. The Labute approximate surface area is 78.7 Å². The molecule has 1 rings (SSSR count). The first-order chi connectivity index (χ1) is 6.50. The van der Waals surface area contributed by atoms with E-state index in [1.165, 1.54) is 12.1 Å². The number of para-hydroxylation sites is 1. The normalized spacial score (nSPS) is 10.8. The van der Waals surface area contributed by atoms with Gasteiger partial charge in [-0.15, -0.1) is 0 Å². The maximum atomic E-state index is 12.4. The molecular weight excluding hydrogens is 195 g/mol. The molecule has 0 aliphatic rings. The molecule has 0 bridgehead atoms. The minimum atomic E-state index is -4.49. The van der Waals surface area contributed by atoms with Crippen LogP contribution >= 0.6 is 0 Å². The smallest absolute Gasteiger partial charge is 0.418 e. The SMILES string of the molecule is [C-]#[N+]c1cccc(C(F)(F)F)c1OC. The van der Waals surface area contributed by atoms with Gasteiger partial charge in [-0.2, -0.15) is 13.2 Å². The molecule has 0 atom stereocenters. The fourth-order valence-corrected chi connectivity index (χ4v) is 1.05. The number of halogens is 3. The first-order valence-electron chi connectivity index (χ1n) is 3.62. The number of ether oxygens (including phenoxy) is 1. The quantitative estimate of drug-likeness (QED) is 0.636. The van der Waals surface area contributed by atoms with Crippen LogP contribution in [0.1, 0.15) is 5.56 Å². The molecule has 0 N–H and O–H groups in total. The number of methoxy groups -OCH3 is 1. The highest BCUT2D eigenvalue weighted by Gasteiger charge is 2.34. The summed E-state index contributed by atoms with van der Waals surface area (Å²) in [6, 6.07) is 3.34. The molecule has 0 heterocycles. The third-order valence-electron chi connectivity index (χ3n) is 1.62. The summed E-state index contributed by atoms with van der Waals surface area (Å²) in [6.07, 6.45) is -4.49. The monoisotopic (exact) mass is 201 g/mol. The molecule has 0 fully saturated rings. The summed E-state index contributed by atoms with van der Waals surface area (Å²) in [5.41, 5.74) is -1.06. The van der Waals surface area contributed by atoms with Gasteiger partial charge in [0.05, 0.1) is 19.2 Å². The van der Waals surface area contributed by atoms with Gasteiger partial charge in [0.25, 0.3) is 0 Å². The third kappa shape index (κ3) is 1.79. The van der Waals surface area contributed by atoms with Crippen LogP contribution < -0.4 is 4.74 Å². The number of hydrogen-bond acceptors (Lipinski definition) is 1. The number of alkyl halides is 3. The highest BCUT2D eigenvalue weighted by molar-refractivity contribution is 5.61. The van der Waals surface area contributed by atoms with Crippen LogP contribution in [-0.2, 0) is 6.18 Å². The van der Waals surface area contributed by atoms with E-state index in [0.29, 0.717) is 0 Å². The van der Waals surface area contributed by atoms with E-state index in [2.05, 4.69) is 9.58 Å². The van der Waals surface area contributed by atoms with Crippen LogP contribution in [-0.4, -0.2) is 7.11 Å². The molecule has 14 heavy (non-hydrogen) atoms. The molecule has 0 saturated carbocycles. The van der Waals surface area contributed by atoms with Crippen molar-refractivity contribution in [2.24, 2.45) is 0 Å². The molecule has 0 unspecified atom stereocenters. The van der Waals surface area contributed by atoms with Crippen LogP contribution in [0, 0.1) is 6.57 Å². The highest BCUT2D eigenvalue weighted by Crippen LogP contribution is 2.41. The number of benzene rings is 1. The van der Waals surface area contributed by atoms with Crippen molar-refractivity contribution in [1.82, 2.24) is 0 Å². The first kappa shape index (κ1) is 10.4. The van der Waals surface area contributed by atoms with Crippen molar-refractivity contribution in [2.75, 3.05) is 7.11 Å². The summed E-state index contributed by atoms with van der Waals surface area (Å²) in [7, 11) is 1.11. The van der Waals surface area contributed by atoms with E-state index in [0.717, 1.165) is 13.2 Å². The molecule has 0 aliphatic heterocycles. The molecule has 0 aliphatic carbocycles. The number of hydrogen-bond donors (Lipinski definition) is 0. The predicted molar refractivity (Wildman–Crippen MR) is 44.3 cm³/mol. The molecule has 0 spiro atoms. The number of rotatable bonds is 1. The first-order valence-corrected chi connectivity index (χ1v) is 3.62. The zero-order valence-electron chi connectivity index (χ0n) is 7.22. The van der Waals surface area contributed by atoms with E-state index in [1.807, 2.05) is 0 Å². The Morgan fingerprint density at radius 2 is 2.00 bits per heavy atom. The van der Waals surface area contributed by atoms with Gasteiger partial charge in [-0.1, -0.05) is 12.1 Å². The fraction of sp³-hybridized carbons (Fsp3) is 0.222. The molecular formula is C9H6F3NO. The Balaban J connectivity index is 3.39. The lowest BCUT2D eigenvalue weighted by Crippen LogP contribution is -2.07. The summed E-state index contributed by atoms with van der Waals surface area (Å²) in [6.45, 7) is 6.67. The topological polar surface area (TPSA) is 13.6 Å². The van der Waals surface area contributed by atoms with Crippen molar-refractivity contribution < 1.29 is 17.9 Å². The molecule has 0 aromatic heterocycles. The molecule has 0 saturated heterocycles. The Morgan fingerprint density at radius 1 is 1.36 bits per heavy atom. The summed E-state index contributed by atoms with van der Waals surface area (Å²) in [5, 5.41) is 0. The van der Waals surface area contributed by atoms with E-state index in [9.17, 15) is 13.2 Å². The maximum Gasteiger partial charge on any atom is 0.418 e. The van der Waals surface area contributed by atoms with E-state index in [1.54, 1.807) is 0 Å². The largest absolute Gasteiger partial charge is 0.507 e. The Hall–Kier alpha value is -1.70. The van der Waals surface area contributed by atoms with Gasteiger partial charge in [-0.3, -0.25) is 0 Å². The van der Waals surface area contributed by atoms with Gasteiger partial charge in [0, 0.05) is 0 Å². The van der Waals surface area contributed by atoms with Crippen LogP contribution in [0.5, 0.6) is 5.75 Å². The van der Waals surface area contributed by atoms with Crippen molar-refractivity contribution in [2.45, 2.75) is 6.18 Å². The molecule has 2 nitrogen and oxygen atoms in total. The summed E-state index contributed by atoms with van der Waals surface area (Å²) in [5.74, 6) is -0.421. The van der Waals surface area contributed by atoms with Crippen molar-refractivity contribution in [3.8, 4) is 5.75 Å². The second kappa shape index (κ2) is 3.58. The lowest BCUT2D eigenvalue weighted by atomic mass is 10.1. The average Bonchev–Trinajstić information content (AvgIpc) is 2.15. The van der Waals surface area contributed by atoms with Crippen LogP contribution in [0.25, 0.3) is 4.85 Å². The van der Waals surface area contributed by atoms with Crippen LogP contribution in [0.2, 0.25) is 0 Å². The Kier molecular flexibility index (Phi) is 2.65. The standard InChI is InChI=1S/C9H6F3NO/c1-13-7-5-3-4-6(8(7)14-2)9(10,11)12/h3-5H,2H3. The third-order valence-corrected chi connectivity index (χ3v) is 1.62. The van der Waals surface area contributed by atoms with E-state index in [-0.39, 0.29) is 5.69 Å². The second-order valence-electron chi connectivity index (χ2n) is 2.47. The number of nitrogens with zero attached hydrogens (tertiary/aromatic N) is 1. The van der Waals surface area contributed by atoms with Gasteiger partial charge in [0.15, 0.2) is 0 Å². The van der Waals surface area contributed by atoms with Gasteiger partial charge in [0.2, 0.25) is 5.69 Å². The van der Waals surface area contributed by atoms with Gasteiger partial charge in [-0.05, 0) is 6.07 Å². The van der Waals surface area contributed by atoms with E-state index < -0.39 is 17.5 Å². The lowest BCUT2D eigenvalue weighted by Gasteiger charge is -2.12. The van der Waals surface area contributed by atoms with Gasteiger partial charge < -0.3 is 4.74 Å². The van der Waals surface area contributed by atoms with Crippen molar-refractivity contribution in [3.05, 3.63) is 35.2 Å². The zero-order valence-corrected chi connectivity index (χ0v) is 7.22. The van der Waals surface area contributed by atoms with E-state index >= 15 is 0 Å². The fourth-order valence-electron chi connectivity index (χ4n) is 1.05. The minimum absolute atomic E-state index is 0.137. The molecule has 5 heteroatoms. The van der Waals surface area contributed by atoms with Gasteiger partial charge in [-0.25, -0.2) is 4.85 Å². The van der Waals surface area contributed by atoms with Gasteiger partial charge >= 0.3 is 6.18 Å². The highest BCUT2D eigenvalue weighted by atomic mass is 19.4. The Bertz CT molecular complexity index is 379. The molecule has 1 aromatic rings. The average molecular weight is 201 g/mol. The maximum absolute atomic E-state index is 12.4.